The maximum Gasteiger partial charge on any atom is 0.330 e. The van der Waals surface area contributed by atoms with Crippen molar-refractivity contribution in [1.29, 1.82) is 0 Å². The number of hydrogen-bond donors (Lipinski definition) is 3. The number of rotatable bonds is 10. The molecule has 0 aliphatic rings. The zero-order valence-corrected chi connectivity index (χ0v) is 20.2. The Morgan fingerprint density at radius 2 is 1.69 bits per heavy atom. The summed E-state index contributed by atoms with van der Waals surface area (Å²) < 4.78 is 33.9. The Kier molecular flexibility index (Phi) is 8.76. The smallest absolute Gasteiger partial charge is 0.330 e. The van der Waals surface area contributed by atoms with Crippen LogP contribution in [0.2, 0.25) is 0 Å². The first-order valence-corrected chi connectivity index (χ1v) is 12.2. The quantitative estimate of drug-likeness (QED) is 0.393. The minimum Gasteiger partial charge on any atom is -0.497 e. The van der Waals surface area contributed by atoms with E-state index in [9.17, 15) is 18.0 Å². The van der Waals surface area contributed by atoms with Crippen LogP contribution in [0.5, 0.6) is 5.75 Å². The van der Waals surface area contributed by atoms with Crippen molar-refractivity contribution in [3.8, 4) is 5.75 Å². The van der Waals surface area contributed by atoms with Crippen LogP contribution in [0.1, 0.15) is 11.3 Å². The summed E-state index contributed by atoms with van der Waals surface area (Å²) in [7, 11) is -1.07. The molecule has 3 amide bonds. The highest BCUT2D eigenvalue weighted by molar-refractivity contribution is 7.88. The van der Waals surface area contributed by atoms with Crippen LogP contribution in [-0.2, 0) is 28.0 Å². The van der Waals surface area contributed by atoms with Gasteiger partial charge in [0.15, 0.2) is 0 Å². The number of urea groups is 1. The van der Waals surface area contributed by atoms with E-state index in [0.717, 1.165) is 5.56 Å². The number of likely N-dealkylation sites (N-methyl/N-ethyl adjacent to an activating group) is 1. The molecule has 0 saturated carbocycles. The molecule has 35 heavy (non-hydrogen) atoms. The van der Waals surface area contributed by atoms with E-state index in [1.807, 2.05) is 35.1 Å². The Morgan fingerprint density at radius 1 is 1.00 bits per heavy atom. The first-order valence-electron chi connectivity index (χ1n) is 10.7. The fraction of sp³-hybridized carbons (Fsp3) is 0.208. The van der Waals surface area contributed by atoms with Crippen molar-refractivity contribution in [2.24, 2.45) is 0 Å². The van der Waals surface area contributed by atoms with Crippen molar-refractivity contribution in [3.05, 3.63) is 90.3 Å². The normalized spacial score (nSPS) is 11.8. The average molecular weight is 498 g/mol. The summed E-state index contributed by atoms with van der Waals surface area (Å²) in [6.07, 6.45) is 1.69. The van der Waals surface area contributed by atoms with Crippen LogP contribution in [-0.4, -0.2) is 45.5 Å². The average Bonchev–Trinajstić information content (AvgIpc) is 2.87. The van der Waals surface area contributed by atoms with E-state index in [1.54, 1.807) is 56.6 Å². The van der Waals surface area contributed by atoms with E-state index in [4.69, 9.17) is 4.74 Å². The van der Waals surface area contributed by atoms with Crippen LogP contribution in [0.15, 0.2) is 79.0 Å². The molecule has 1 aromatic heterocycles. The molecule has 0 bridgehead atoms. The number of methoxy groups -OCH3 is 1. The van der Waals surface area contributed by atoms with E-state index in [2.05, 4.69) is 15.0 Å². The lowest BCUT2D eigenvalue weighted by molar-refractivity contribution is -0.120. The number of hydrogen-bond acceptors (Lipinski definition) is 6. The fourth-order valence-electron chi connectivity index (χ4n) is 3.23. The van der Waals surface area contributed by atoms with Crippen molar-refractivity contribution < 1.29 is 22.7 Å². The fourth-order valence-corrected chi connectivity index (χ4v) is 3.95. The van der Waals surface area contributed by atoms with Gasteiger partial charge < -0.3 is 15.0 Å². The van der Waals surface area contributed by atoms with Gasteiger partial charge in [-0.05, 0) is 42.0 Å². The third kappa shape index (κ3) is 7.80. The topological polar surface area (TPSA) is 130 Å². The molecule has 3 N–H and O–H groups in total. The van der Waals surface area contributed by atoms with Crippen LogP contribution in [0.4, 0.5) is 10.5 Å². The molecule has 184 valence electrons. The van der Waals surface area contributed by atoms with Gasteiger partial charge in [0.1, 0.15) is 11.8 Å². The van der Waals surface area contributed by atoms with Crippen molar-refractivity contribution >= 4 is 27.8 Å². The van der Waals surface area contributed by atoms with Crippen molar-refractivity contribution in [3.63, 3.8) is 0 Å². The van der Waals surface area contributed by atoms with Crippen molar-refractivity contribution in [2.75, 3.05) is 19.1 Å². The van der Waals surface area contributed by atoms with Gasteiger partial charge in [0, 0.05) is 25.4 Å². The first kappa shape index (κ1) is 25.7. The predicted octanol–water partition coefficient (Wildman–Crippen LogP) is 2.00. The Labute approximate surface area is 204 Å². The molecule has 10 nitrogen and oxygen atoms in total. The molecular weight excluding hydrogens is 470 g/mol. The molecule has 1 heterocycles. The molecular formula is C24H27N5O5S. The summed E-state index contributed by atoms with van der Waals surface area (Å²) in [4.78, 5) is 31.3. The maximum absolute atomic E-state index is 13.3. The molecule has 0 aliphatic carbocycles. The number of aromatic nitrogens is 1. The highest BCUT2D eigenvalue weighted by atomic mass is 32.2. The molecule has 0 aliphatic heterocycles. The van der Waals surface area contributed by atoms with E-state index >= 15 is 0 Å². The molecule has 1 atom stereocenters. The third-order valence-corrected chi connectivity index (χ3v) is 6.05. The Bertz CT molecular complexity index is 1220. The Hall–Kier alpha value is -3.96. The second kappa shape index (κ2) is 12.0. The van der Waals surface area contributed by atoms with Crippen molar-refractivity contribution in [2.45, 2.75) is 19.0 Å². The van der Waals surface area contributed by atoms with Gasteiger partial charge in [-0.1, -0.05) is 36.4 Å². The van der Waals surface area contributed by atoms with Crippen LogP contribution in [0, 0.1) is 0 Å². The molecule has 0 saturated heterocycles. The lowest BCUT2D eigenvalue weighted by Gasteiger charge is -2.25. The number of nitrogens with zero attached hydrogens (tertiary/aromatic N) is 2. The Balaban J connectivity index is 1.70. The van der Waals surface area contributed by atoms with Gasteiger partial charge >= 0.3 is 16.2 Å². The standard InChI is InChI=1S/C24H27N5O5S/c1-29(20-11-13-21(34-2)14-12-20)23(30)22(16-18-8-4-3-5-9-18)27-24(31)28-35(32,33)26-17-19-10-6-7-15-25-19/h3-15,22,26H,16-17H2,1-2H3,(H2,27,28,31). The van der Waals surface area contributed by atoms with E-state index in [1.165, 1.54) is 11.1 Å². The summed E-state index contributed by atoms with van der Waals surface area (Å²) in [6.45, 7) is -0.101. The minimum atomic E-state index is -4.19. The number of carbonyl (C=O) groups is 2. The molecule has 0 spiro atoms. The van der Waals surface area contributed by atoms with Gasteiger partial charge in [-0.3, -0.25) is 9.78 Å². The number of nitrogens with one attached hydrogen (secondary N) is 3. The number of carbonyl (C=O) groups excluding carboxylic acids is 2. The zero-order valence-electron chi connectivity index (χ0n) is 19.3. The van der Waals surface area contributed by atoms with Gasteiger partial charge in [0.25, 0.3) is 0 Å². The number of pyridine rings is 1. The van der Waals surface area contributed by atoms with Crippen LogP contribution in [0.25, 0.3) is 0 Å². The summed E-state index contributed by atoms with van der Waals surface area (Å²) in [5.74, 6) is 0.212. The molecule has 1 unspecified atom stereocenters. The SMILES string of the molecule is COc1ccc(N(C)C(=O)C(Cc2ccccc2)NC(=O)NS(=O)(=O)NCc2ccccn2)cc1. The van der Waals surface area contributed by atoms with E-state index in [-0.39, 0.29) is 13.0 Å². The third-order valence-electron chi connectivity index (χ3n) is 5.07. The summed E-state index contributed by atoms with van der Waals surface area (Å²) in [5, 5.41) is 2.49. The largest absolute Gasteiger partial charge is 0.497 e. The minimum absolute atomic E-state index is 0.101. The zero-order chi connectivity index (χ0) is 25.3. The van der Waals surface area contributed by atoms with Gasteiger partial charge in [0.05, 0.1) is 19.3 Å². The summed E-state index contributed by atoms with van der Waals surface area (Å²) in [5.41, 5.74) is 1.86. The first-order chi connectivity index (χ1) is 16.8. The lowest BCUT2D eigenvalue weighted by atomic mass is 10.0. The summed E-state index contributed by atoms with van der Waals surface area (Å²) in [6, 6.07) is 19.0. The van der Waals surface area contributed by atoms with Gasteiger partial charge in [-0.15, -0.1) is 0 Å². The molecule has 0 fully saturated rings. The van der Waals surface area contributed by atoms with Crippen LogP contribution in [0.3, 0.4) is 0 Å². The highest BCUT2D eigenvalue weighted by Gasteiger charge is 2.27. The van der Waals surface area contributed by atoms with Gasteiger partial charge in [-0.25, -0.2) is 9.52 Å². The van der Waals surface area contributed by atoms with Crippen molar-refractivity contribution in [1.82, 2.24) is 19.7 Å². The molecule has 11 heteroatoms. The molecule has 3 rings (SSSR count). The van der Waals surface area contributed by atoms with E-state index in [0.29, 0.717) is 17.1 Å². The number of amides is 3. The predicted molar refractivity (Wildman–Crippen MR) is 132 cm³/mol. The van der Waals surface area contributed by atoms with E-state index < -0.39 is 28.2 Å². The van der Waals surface area contributed by atoms with Gasteiger partial charge in [-0.2, -0.15) is 13.1 Å². The molecule has 2 aromatic carbocycles. The lowest BCUT2D eigenvalue weighted by Crippen LogP contribution is -2.54. The highest BCUT2D eigenvalue weighted by Crippen LogP contribution is 2.19. The second-order valence-corrected chi connectivity index (χ2v) is 9.06. The maximum atomic E-state index is 13.3. The number of anilines is 1. The number of ether oxygens (including phenoxy) is 1. The monoisotopic (exact) mass is 497 g/mol. The van der Waals surface area contributed by atoms with Crippen LogP contribution >= 0.6 is 0 Å². The molecule has 0 radical (unpaired) electrons. The second-order valence-electron chi connectivity index (χ2n) is 7.56. The summed E-state index contributed by atoms with van der Waals surface area (Å²) >= 11 is 0. The van der Waals surface area contributed by atoms with Gasteiger partial charge in [0.2, 0.25) is 5.91 Å². The van der Waals surface area contributed by atoms with Crippen LogP contribution < -0.4 is 24.4 Å². The number of benzene rings is 2. The Morgan fingerprint density at radius 3 is 2.31 bits per heavy atom. The molecule has 3 aromatic rings.